The van der Waals surface area contributed by atoms with E-state index in [1.54, 1.807) is 0 Å². The Morgan fingerprint density at radius 2 is 1.74 bits per heavy atom. The normalized spacial score (nSPS) is 11.3. The minimum atomic E-state index is 0.0113. The number of rotatable bonds is 4. The quantitative estimate of drug-likeness (QED) is 0.829. The van der Waals surface area contributed by atoms with Gasteiger partial charge in [0.05, 0.1) is 0 Å². The summed E-state index contributed by atoms with van der Waals surface area (Å²) in [5, 5.41) is 3.08. The summed E-state index contributed by atoms with van der Waals surface area (Å²) < 4.78 is 0. The first-order valence-corrected chi connectivity index (χ1v) is 8.23. The average Bonchev–Trinajstić information content (AvgIpc) is 2.46. The Bertz CT molecular complexity index is 695. The van der Waals surface area contributed by atoms with Crippen LogP contribution in [0.15, 0.2) is 42.5 Å². The molecule has 0 radical (unpaired) electrons. The Labute approximate surface area is 139 Å². The highest BCUT2D eigenvalue weighted by atomic mass is 16.1. The molecule has 2 aromatic carbocycles. The maximum atomic E-state index is 12.3. The van der Waals surface area contributed by atoms with E-state index in [2.05, 4.69) is 64.2 Å². The number of anilines is 1. The molecule has 0 aliphatic carbocycles. The van der Waals surface area contributed by atoms with E-state index >= 15 is 0 Å². The lowest BCUT2D eigenvalue weighted by molar-refractivity contribution is -0.116. The second-order valence-corrected chi connectivity index (χ2v) is 7.27. The predicted molar refractivity (Wildman–Crippen MR) is 98.0 cm³/mol. The summed E-state index contributed by atoms with van der Waals surface area (Å²) in [6.07, 6.45) is 1.28. The number of amides is 1. The van der Waals surface area contributed by atoms with Crippen LogP contribution in [0.2, 0.25) is 0 Å². The van der Waals surface area contributed by atoms with E-state index < -0.39 is 0 Å². The molecule has 2 aromatic rings. The number of hydrogen-bond donors (Lipinski definition) is 1. The molecule has 2 rings (SSSR count). The van der Waals surface area contributed by atoms with Gasteiger partial charge in [0.2, 0.25) is 5.91 Å². The van der Waals surface area contributed by atoms with E-state index in [9.17, 15) is 4.79 Å². The first kappa shape index (κ1) is 17.3. The van der Waals surface area contributed by atoms with Crippen molar-refractivity contribution < 1.29 is 4.79 Å². The first-order chi connectivity index (χ1) is 10.8. The molecule has 23 heavy (non-hydrogen) atoms. The van der Waals surface area contributed by atoms with Gasteiger partial charge in [-0.15, -0.1) is 0 Å². The Morgan fingerprint density at radius 1 is 1.04 bits per heavy atom. The van der Waals surface area contributed by atoms with Crippen molar-refractivity contribution in [3.63, 3.8) is 0 Å². The van der Waals surface area contributed by atoms with Crippen LogP contribution in [-0.4, -0.2) is 5.91 Å². The number of para-hydroxylation sites is 1. The number of hydrogen-bond acceptors (Lipinski definition) is 1. The molecule has 1 N–H and O–H groups in total. The molecular formula is C21H27NO. The van der Waals surface area contributed by atoms with Crippen molar-refractivity contribution in [3.8, 4) is 0 Å². The molecule has 0 saturated heterocycles. The van der Waals surface area contributed by atoms with Crippen LogP contribution in [0.25, 0.3) is 0 Å². The zero-order valence-corrected chi connectivity index (χ0v) is 14.9. The lowest BCUT2D eigenvalue weighted by Gasteiger charge is -2.23. The third-order valence-electron chi connectivity index (χ3n) is 4.13. The largest absolute Gasteiger partial charge is 0.326 e. The molecule has 1 amide bonds. The van der Waals surface area contributed by atoms with Gasteiger partial charge in [0.1, 0.15) is 0 Å². The molecule has 2 nitrogen and oxygen atoms in total. The standard InChI is InChI=1S/C21H27NO/c1-15-10-11-17(16(2)14-15)12-13-20(23)22-19-9-7-6-8-18(19)21(3,4)5/h6-11,14H,12-13H2,1-5H3,(H,22,23). The Balaban J connectivity index is 2.03. The van der Waals surface area contributed by atoms with Crippen molar-refractivity contribution in [3.05, 3.63) is 64.7 Å². The van der Waals surface area contributed by atoms with Gasteiger partial charge in [0, 0.05) is 12.1 Å². The van der Waals surface area contributed by atoms with Crippen LogP contribution in [0.4, 0.5) is 5.69 Å². The van der Waals surface area contributed by atoms with Crippen molar-refractivity contribution in [2.24, 2.45) is 0 Å². The summed E-state index contributed by atoms with van der Waals surface area (Å²) in [5.74, 6) is 0.0710. The van der Waals surface area contributed by atoms with Crippen molar-refractivity contribution >= 4 is 11.6 Å². The predicted octanol–water partition coefficient (Wildman–Crippen LogP) is 5.17. The van der Waals surface area contributed by atoms with Crippen molar-refractivity contribution in [2.75, 3.05) is 5.32 Å². The van der Waals surface area contributed by atoms with Gasteiger partial charge in [0.25, 0.3) is 0 Å². The fraction of sp³-hybridized carbons (Fsp3) is 0.381. The van der Waals surface area contributed by atoms with Crippen LogP contribution >= 0.6 is 0 Å². The fourth-order valence-corrected chi connectivity index (χ4v) is 2.83. The topological polar surface area (TPSA) is 29.1 Å². The molecule has 0 aliphatic heterocycles. The molecule has 0 heterocycles. The molecular weight excluding hydrogens is 282 g/mol. The average molecular weight is 309 g/mol. The molecule has 0 aromatic heterocycles. The third kappa shape index (κ3) is 4.69. The fourth-order valence-electron chi connectivity index (χ4n) is 2.83. The molecule has 0 atom stereocenters. The maximum Gasteiger partial charge on any atom is 0.224 e. The molecule has 0 fully saturated rings. The van der Waals surface area contributed by atoms with Crippen LogP contribution in [0.5, 0.6) is 0 Å². The minimum absolute atomic E-state index is 0.0113. The molecule has 122 valence electrons. The van der Waals surface area contributed by atoms with E-state index in [0.29, 0.717) is 6.42 Å². The zero-order valence-electron chi connectivity index (χ0n) is 14.9. The summed E-state index contributed by atoms with van der Waals surface area (Å²) in [4.78, 5) is 12.3. The second-order valence-electron chi connectivity index (χ2n) is 7.27. The van der Waals surface area contributed by atoms with Crippen LogP contribution in [0.3, 0.4) is 0 Å². The van der Waals surface area contributed by atoms with Crippen LogP contribution in [0, 0.1) is 13.8 Å². The smallest absolute Gasteiger partial charge is 0.224 e. The summed E-state index contributed by atoms with van der Waals surface area (Å²) in [7, 11) is 0. The van der Waals surface area contributed by atoms with E-state index in [-0.39, 0.29) is 11.3 Å². The van der Waals surface area contributed by atoms with Gasteiger partial charge in [-0.1, -0.05) is 62.7 Å². The van der Waals surface area contributed by atoms with Gasteiger partial charge in [-0.3, -0.25) is 4.79 Å². The number of carbonyl (C=O) groups is 1. The summed E-state index contributed by atoms with van der Waals surface area (Å²) in [5.41, 5.74) is 5.86. The molecule has 0 bridgehead atoms. The van der Waals surface area contributed by atoms with Gasteiger partial charge < -0.3 is 5.32 Å². The first-order valence-electron chi connectivity index (χ1n) is 8.23. The highest BCUT2D eigenvalue weighted by Crippen LogP contribution is 2.29. The number of nitrogens with one attached hydrogen (secondary N) is 1. The van der Waals surface area contributed by atoms with Crippen LogP contribution in [-0.2, 0) is 16.6 Å². The van der Waals surface area contributed by atoms with E-state index in [4.69, 9.17) is 0 Å². The van der Waals surface area contributed by atoms with Crippen molar-refractivity contribution in [2.45, 2.75) is 52.9 Å². The number of carbonyl (C=O) groups excluding carboxylic acids is 1. The number of aryl methyl sites for hydroxylation is 3. The minimum Gasteiger partial charge on any atom is -0.326 e. The Morgan fingerprint density at radius 3 is 2.39 bits per heavy atom. The summed E-state index contributed by atoms with van der Waals surface area (Å²) >= 11 is 0. The third-order valence-corrected chi connectivity index (χ3v) is 4.13. The molecule has 0 aliphatic rings. The lowest BCUT2D eigenvalue weighted by Crippen LogP contribution is -2.19. The highest BCUT2D eigenvalue weighted by Gasteiger charge is 2.18. The van der Waals surface area contributed by atoms with Gasteiger partial charge >= 0.3 is 0 Å². The monoisotopic (exact) mass is 309 g/mol. The van der Waals surface area contributed by atoms with E-state index in [0.717, 1.165) is 12.1 Å². The molecule has 2 heteroatoms. The molecule has 0 unspecified atom stereocenters. The Hall–Kier alpha value is -2.09. The lowest BCUT2D eigenvalue weighted by atomic mass is 9.86. The Kier molecular flexibility index (Phi) is 5.25. The van der Waals surface area contributed by atoms with E-state index in [1.165, 1.54) is 22.3 Å². The highest BCUT2D eigenvalue weighted by molar-refractivity contribution is 5.91. The SMILES string of the molecule is Cc1ccc(CCC(=O)Nc2ccccc2C(C)(C)C)c(C)c1. The molecule has 0 spiro atoms. The van der Waals surface area contributed by atoms with Crippen molar-refractivity contribution in [1.82, 2.24) is 0 Å². The summed E-state index contributed by atoms with van der Waals surface area (Å²) in [6.45, 7) is 10.7. The van der Waals surface area contributed by atoms with E-state index in [1.807, 2.05) is 18.2 Å². The van der Waals surface area contributed by atoms with Crippen molar-refractivity contribution in [1.29, 1.82) is 0 Å². The van der Waals surface area contributed by atoms with Crippen LogP contribution < -0.4 is 5.32 Å². The second kappa shape index (κ2) is 6.99. The van der Waals surface area contributed by atoms with Gasteiger partial charge in [-0.05, 0) is 48.4 Å². The van der Waals surface area contributed by atoms with Crippen LogP contribution in [0.1, 0.15) is 49.4 Å². The van der Waals surface area contributed by atoms with Gasteiger partial charge in [-0.2, -0.15) is 0 Å². The maximum absolute atomic E-state index is 12.3. The molecule has 0 saturated carbocycles. The number of benzene rings is 2. The summed E-state index contributed by atoms with van der Waals surface area (Å²) in [6, 6.07) is 14.5. The zero-order chi connectivity index (χ0) is 17.0. The van der Waals surface area contributed by atoms with Gasteiger partial charge in [-0.25, -0.2) is 0 Å². The van der Waals surface area contributed by atoms with Gasteiger partial charge in [0.15, 0.2) is 0 Å².